The lowest BCUT2D eigenvalue weighted by molar-refractivity contribution is -0.120. The Morgan fingerprint density at radius 3 is 2.80 bits per heavy atom. The summed E-state index contributed by atoms with van der Waals surface area (Å²) in [7, 11) is 0. The van der Waals surface area contributed by atoms with Gasteiger partial charge in [0.2, 0.25) is 5.91 Å². The summed E-state index contributed by atoms with van der Waals surface area (Å²) >= 11 is 3.46. The molecule has 2 N–H and O–H groups in total. The molecular formula is C15H23BrN2O2. The van der Waals surface area contributed by atoms with Crippen molar-refractivity contribution in [3.05, 3.63) is 28.2 Å². The molecule has 0 saturated carbocycles. The van der Waals surface area contributed by atoms with Gasteiger partial charge >= 0.3 is 0 Å². The molecule has 4 nitrogen and oxygen atoms in total. The second-order valence-electron chi connectivity index (χ2n) is 4.93. The minimum absolute atomic E-state index is 0.00558. The van der Waals surface area contributed by atoms with Crippen LogP contribution in [-0.4, -0.2) is 25.1 Å². The van der Waals surface area contributed by atoms with Crippen LogP contribution in [0.3, 0.4) is 0 Å². The van der Waals surface area contributed by atoms with E-state index in [0.29, 0.717) is 19.7 Å². The quantitative estimate of drug-likeness (QED) is 0.763. The third kappa shape index (κ3) is 6.39. The zero-order valence-corrected chi connectivity index (χ0v) is 13.9. The molecule has 112 valence electrons. The summed E-state index contributed by atoms with van der Waals surface area (Å²) in [6.45, 7) is 7.57. The summed E-state index contributed by atoms with van der Waals surface area (Å²) in [6.07, 6.45) is 0.972. The molecule has 1 aromatic carbocycles. The van der Waals surface area contributed by atoms with Gasteiger partial charge in [-0.2, -0.15) is 0 Å². The molecule has 0 saturated heterocycles. The lowest BCUT2D eigenvalue weighted by Crippen LogP contribution is -2.37. The Labute approximate surface area is 129 Å². The van der Waals surface area contributed by atoms with Crippen LogP contribution in [0.5, 0.6) is 5.75 Å². The fourth-order valence-corrected chi connectivity index (χ4v) is 2.13. The lowest BCUT2D eigenvalue weighted by atomic mass is 10.2. The van der Waals surface area contributed by atoms with Crippen molar-refractivity contribution in [3.8, 4) is 5.75 Å². The van der Waals surface area contributed by atoms with Crippen LogP contribution >= 0.6 is 15.9 Å². The first kappa shape index (κ1) is 17.0. The third-order valence-electron chi connectivity index (χ3n) is 2.53. The molecule has 0 radical (unpaired) electrons. The Hall–Kier alpha value is -1.07. The highest BCUT2D eigenvalue weighted by Gasteiger charge is 2.06. The topological polar surface area (TPSA) is 50.4 Å². The van der Waals surface area contributed by atoms with E-state index in [2.05, 4.69) is 33.5 Å². The maximum atomic E-state index is 11.6. The zero-order valence-electron chi connectivity index (χ0n) is 12.3. The smallest absolute Gasteiger partial charge is 0.234 e. The molecule has 0 bridgehead atoms. The Balaban J connectivity index is 2.53. The van der Waals surface area contributed by atoms with Crippen molar-refractivity contribution >= 4 is 21.8 Å². The van der Waals surface area contributed by atoms with Crippen LogP contribution in [0.2, 0.25) is 0 Å². The lowest BCUT2D eigenvalue weighted by Gasteiger charge is -2.13. The minimum atomic E-state index is 0.00558. The molecule has 1 rings (SSSR count). The molecule has 0 unspecified atom stereocenters. The molecule has 0 spiro atoms. The van der Waals surface area contributed by atoms with E-state index >= 15 is 0 Å². The monoisotopic (exact) mass is 342 g/mol. The number of hydrogen-bond acceptors (Lipinski definition) is 3. The van der Waals surface area contributed by atoms with Crippen molar-refractivity contribution in [1.29, 1.82) is 0 Å². The van der Waals surface area contributed by atoms with Crippen LogP contribution in [0.1, 0.15) is 32.8 Å². The first-order valence-electron chi connectivity index (χ1n) is 6.94. The number of carbonyl (C=O) groups is 1. The van der Waals surface area contributed by atoms with Gasteiger partial charge in [0.25, 0.3) is 0 Å². The van der Waals surface area contributed by atoms with Gasteiger partial charge in [0.05, 0.1) is 13.2 Å². The Bertz CT molecular complexity index is 436. The first-order chi connectivity index (χ1) is 9.52. The fourth-order valence-electron chi connectivity index (χ4n) is 1.72. The van der Waals surface area contributed by atoms with Crippen molar-refractivity contribution in [3.63, 3.8) is 0 Å². The number of carbonyl (C=O) groups excluding carboxylic acids is 1. The highest BCUT2D eigenvalue weighted by Crippen LogP contribution is 2.23. The second kappa shape index (κ2) is 8.97. The first-order valence-corrected chi connectivity index (χ1v) is 7.73. The molecule has 0 heterocycles. The molecule has 0 aliphatic rings. The summed E-state index contributed by atoms with van der Waals surface area (Å²) in [5, 5.41) is 5.99. The van der Waals surface area contributed by atoms with Crippen LogP contribution < -0.4 is 15.4 Å². The van der Waals surface area contributed by atoms with Crippen molar-refractivity contribution in [2.45, 2.75) is 39.8 Å². The SMILES string of the molecule is CCCOc1ccc(Br)cc1CNCC(=O)NC(C)C. The molecule has 0 fully saturated rings. The summed E-state index contributed by atoms with van der Waals surface area (Å²) in [6, 6.07) is 6.09. The highest BCUT2D eigenvalue weighted by atomic mass is 79.9. The maximum Gasteiger partial charge on any atom is 0.234 e. The van der Waals surface area contributed by atoms with E-state index in [1.807, 2.05) is 32.0 Å². The fraction of sp³-hybridized carbons (Fsp3) is 0.533. The molecule has 0 atom stereocenters. The molecule has 5 heteroatoms. The summed E-state index contributed by atoms with van der Waals surface area (Å²) in [5.41, 5.74) is 1.05. The summed E-state index contributed by atoms with van der Waals surface area (Å²) in [5.74, 6) is 0.873. The molecular weight excluding hydrogens is 320 g/mol. The van der Waals surface area contributed by atoms with Crippen molar-refractivity contribution in [2.75, 3.05) is 13.2 Å². The number of benzene rings is 1. The van der Waals surface area contributed by atoms with E-state index in [1.165, 1.54) is 0 Å². The highest BCUT2D eigenvalue weighted by molar-refractivity contribution is 9.10. The Kier molecular flexibility index (Phi) is 7.62. The standard InChI is InChI=1S/C15H23BrN2O2/c1-4-7-20-14-6-5-13(16)8-12(14)9-17-10-15(19)18-11(2)3/h5-6,8,11,17H,4,7,9-10H2,1-3H3,(H,18,19). The molecule has 0 aromatic heterocycles. The maximum absolute atomic E-state index is 11.6. The van der Waals surface area contributed by atoms with Gasteiger partial charge in [-0.1, -0.05) is 22.9 Å². The van der Waals surface area contributed by atoms with Gasteiger partial charge in [-0.3, -0.25) is 4.79 Å². The van der Waals surface area contributed by atoms with Gasteiger partial charge in [0.1, 0.15) is 5.75 Å². The average molecular weight is 343 g/mol. The van der Waals surface area contributed by atoms with Crippen molar-refractivity contribution < 1.29 is 9.53 Å². The Morgan fingerprint density at radius 2 is 2.15 bits per heavy atom. The summed E-state index contributed by atoms with van der Waals surface area (Å²) in [4.78, 5) is 11.6. The van der Waals surface area contributed by atoms with Crippen molar-refractivity contribution in [1.82, 2.24) is 10.6 Å². The molecule has 0 aliphatic heterocycles. The van der Waals surface area contributed by atoms with E-state index in [1.54, 1.807) is 0 Å². The van der Waals surface area contributed by atoms with Crippen LogP contribution in [0.15, 0.2) is 22.7 Å². The zero-order chi connectivity index (χ0) is 15.0. The normalized spacial score (nSPS) is 10.7. The van der Waals surface area contributed by atoms with Gasteiger partial charge in [-0.25, -0.2) is 0 Å². The molecule has 1 amide bonds. The van der Waals surface area contributed by atoms with E-state index in [9.17, 15) is 4.79 Å². The predicted octanol–water partition coefficient (Wildman–Crippen LogP) is 2.85. The van der Waals surface area contributed by atoms with E-state index in [0.717, 1.165) is 22.2 Å². The number of amides is 1. The molecule has 1 aromatic rings. The number of nitrogens with one attached hydrogen (secondary N) is 2. The average Bonchev–Trinajstić information content (AvgIpc) is 2.37. The van der Waals surface area contributed by atoms with Gasteiger partial charge < -0.3 is 15.4 Å². The van der Waals surface area contributed by atoms with Gasteiger partial charge in [0.15, 0.2) is 0 Å². The summed E-state index contributed by atoms with van der Waals surface area (Å²) < 4.78 is 6.71. The third-order valence-corrected chi connectivity index (χ3v) is 3.03. The van der Waals surface area contributed by atoms with Gasteiger partial charge in [-0.15, -0.1) is 0 Å². The second-order valence-corrected chi connectivity index (χ2v) is 5.84. The number of ether oxygens (including phenoxy) is 1. The minimum Gasteiger partial charge on any atom is -0.493 e. The van der Waals surface area contributed by atoms with Gasteiger partial charge in [-0.05, 0) is 38.5 Å². The van der Waals surface area contributed by atoms with E-state index < -0.39 is 0 Å². The van der Waals surface area contributed by atoms with Crippen molar-refractivity contribution in [2.24, 2.45) is 0 Å². The van der Waals surface area contributed by atoms with E-state index in [4.69, 9.17) is 4.74 Å². The number of hydrogen-bond donors (Lipinski definition) is 2. The predicted molar refractivity (Wildman–Crippen MR) is 84.9 cm³/mol. The molecule has 20 heavy (non-hydrogen) atoms. The van der Waals surface area contributed by atoms with Crippen LogP contribution in [-0.2, 0) is 11.3 Å². The number of halogens is 1. The van der Waals surface area contributed by atoms with Gasteiger partial charge in [0, 0.05) is 22.6 Å². The van der Waals surface area contributed by atoms with Crippen LogP contribution in [0, 0.1) is 0 Å². The molecule has 0 aliphatic carbocycles. The Morgan fingerprint density at radius 1 is 1.40 bits per heavy atom. The van der Waals surface area contributed by atoms with Crippen LogP contribution in [0.25, 0.3) is 0 Å². The largest absolute Gasteiger partial charge is 0.493 e. The van der Waals surface area contributed by atoms with Crippen LogP contribution in [0.4, 0.5) is 0 Å². The number of rotatable bonds is 8. The van der Waals surface area contributed by atoms with E-state index in [-0.39, 0.29) is 11.9 Å².